The van der Waals surface area contributed by atoms with E-state index >= 15 is 0 Å². The average Bonchev–Trinajstić information content (AvgIpc) is 3.00. The van der Waals surface area contributed by atoms with Crippen molar-refractivity contribution < 1.29 is 14.6 Å². The fourth-order valence-corrected chi connectivity index (χ4v) is 1.58. The van der Waals surface area contributed by atoms with Gasteiger partial charge in [-0.1, -0.05) is 6.07 Å². The van der Waals surface area contributed by atoms with E-state index in [2.05, 4.69) is 9.72 Å². The predicted octanol–water partition coefficient (Wildman–Crippen LogP) is 0.606. The molecule has 1 aromatic rings. The lowest BCUT2D eigenvalue weighted by atomic mass is 9.98. The molecule has 1 fully saturated rings. The zero-order valence-electron chi connectivity index (χ0n) is 7.64. The highest BCUT2D eigenvalue weighted by molar-refractivity contribution is 5.86. The minimum absolute atomic E-state index is 0.354. The molecule has 0 atom stereocenters. The molecule has 0 amide bonds. The van der Waals surface area contributed by atoms with Gasteiger partial charge in [-0.15, -0.1) is 0 Å². The molecular weight excluding hydrogens is 182 g/mol. The van der Waals surface area contributed by atoms with Gasteiger partial charge < -0.3 is 9.84 Å². The van der Waals surface area contributed by atoms with Crippen LogP contribution in [0.2, 0.25) is 0 Å². The Balaban J connectivity index is 2.21. The second-order valence-corrected chi connectivity index (χ2v) is 3.38. The van der Waals surface area contributed by atoms with E-state index in [0.717, 1.165) is 18.4 Å². The van der Waals surface area contributed by atoms with Gasteiger partial charge in [0.25, 0.3) is 0 Å². The summed E-state index contributed by atoms with van der Waals surface area (Å²) < 4.78 is 4.61. The summed E-state index contributed by atoms with van der Waals surface area (Å²) in [6, 6.07) is 3.65. The molecule has 0 aromatic carbocycles. The largest absolute Gasteiger partial charge is 0.438 e. The number of esters is 1. The van der Waals surface area contributed by atoms with Gasteiger partial charge in [-0.05, 0) is 24.5 Å². The Labute approximate surface area is 81.5 Å². The number of aliphatic hydroxyl groups is 1. The summed E-state index contributed by atoms with van der Waals surface area (Å²) in [5.74, 6) is -0.354. The first-order valence-electron chi connectivity index (χ1n) is 4.48. The molecule has 1 N–H and O–H groups in total. The fraction of sp³-hybridized carbons (Fsp3) is 0.400. The van der Waals surface area contributed by atoms with Gasteiger partial charge in [0.05, 0.1) is 5.41 Å². The van der Waals surface area contributed by atoms with E-state index in [9.17, 15) is 4.79 Å². The summed E-state index contributed by atoms with van der Waals surface area (Å²) in [6.45, 7) is -0.555. The topological polar surface area (TPSA) is 59.4 Å². The number of hydrogen-bond donors (Lipinski definition) is 1. The van der Waals surface area contributed by atoms with E-state index in [0.29, 0.717) is 0 Å². The average molecular weight is 193 g/mol. The molecular formula is C10H11NO3. The molecule has 74 valence electrons. The molecule has 1 heterocycles. The zero-order valence-corrected chi connectivity index (χ0v) is 7.64. The van der Waals surface area contributed by atoms with Crippen LogP contribution in [0.3, 0.4) is 0 Å². The lowest BCUT2D eigenvalue weighted by Crippen LogP contribution is -2.23. The lowest BCUT2D eigenvalue weighted by molar-refractivity contribution is -0.155. The Hall–Kier alpha value is -1.42. The molecule has 0 bridgehead atoms. The van der Waals surface area contributed by atoms with E-state index in [1.165, 1.54) is 0 Å². The maximum absolute atomic E-state index is 11.5. The Morgan fingerprint density at radius 2 is 2.43 bits per heavy atom. The van der Waals surface area contributed by atoms with Gasteiger partial charge in [0.1, 0.15) is 0 Å². The second-order valence-electron chi connectivity index (χ2n) is 3.38. The van der Waals surface area contributed by atoms with Crippen LogP contribution < -0.4 is 0 Å². The van der Waals surface area contributed by atoms with Crippen LogP contribution in [-0.4, -0.2) is 22.9 Å². The molecule has 1 aliphatic carbocycles. The number of rotatable bonds is 3. The summed E-state index contributed by atoms with van der Waals surface area (Å²) in [5, 5.41) is 8.52. The van der Waals surface area contributed by atoms with Gasteiger partial charge in [-0.3, -0.25) is 9.78 Å². The van der Waals surface area contributed by atoms with Gasteiger partial charge in [-0.25, -0.2) is 0 Å². The molecule has 0 radical (unpaired) electrons. The third kappa shape index (κ3) is 1.37. The third-order valence-corrected chi connectivity index (χ3v) is 2.55. The van der Waals surface area contributed by atoms with Crippen LogP contribution in [0.5, 0.6) is 0 Å². The second kappa shape index (κ2) is 3.38. The van der Waals surface area contributed by atoms with Crippen LogP contribution in [0.4, 0.5) is 0 Å². The summed E-state index contributed by atoms with van der Waals surface area (Å²) in [4.78, 5) is 15.5. The van der Waals surface area contributed by atoms with Crippen LogP contribution in [0.25, 0.3) is 0 Å². The third-order valence-electron chi connectivity index (χ3n) is 2.55. The summed E-state index contributed by atoms with van der Waals surface area (Å²) in [7, 11) is 0. The molecule has 1 saturated carbocycles. The highest BCUT2D eigenvalue weighted by Crippen LogP contribution is 2.48. The van der Waals surface area contributed by atoms with E-state index in [4.69, 9.17) is 5.11 Å². The molecule has 0 unspecified atom stereocenters. The Kier molecular flexibility index (Phi) is 2.21. The van der Waals surface area contributed by atoms with Gasteiger partial charge in [0.2, 0.25) is 0 Å². The first-order valence-corrected chi connectivity index (χ1v) is 4.48. The fourth-order valence-electron chi connectivity index (χ4n) is 1.58. The van der Waals surface area contributed by atoms with Crippen molar-refractivity contribution in [2.75, 3.05) is 6.79 Å². The monoisotopic (exact) mass is 193 g/mol. The first kappa shape index (κ1) is 9.15. The van der Waals surface area contributed by atoms with Crippen molar-refractivity contribution in [3.05, 3.63) is 30.1 Å². The predicted molar refractivity (Wildman–Crippen MR) is 48.3 cm³/mol. The molecule has 0 saturated heterocycles. The minimum Gasteiger partial charge on any atom is -0.438 e. The van der Waals surface area contributed by atoms with Crippen molar-refractivity contribution >= 4 is 5.97 Å². The molecule has 0 aliphatic heterocycles. The summed E-state index contributed by atoms with van der Waals surface area (Å²) in [6.07, 6.45) is 4.89. The Morgan fingerprint density at radius 1 is 1.64 bits per heavy atom. The SMILES string of the molecule is O=C(OCO)C1(c2cccnc2)CC1. The molecule has 0 spiro atoms. The minimum atomic E-state index is -0.555. The van der Waals surface area contributed by atoms with Gasteiger partial charge in [0, 0.05) is 12.4 Å². The van der Waals surface area contributed by atoms with Crippen molar-refractivity contribution in [2.45, 2.75) is 18.3 Å². The van der Waals surface area contributed by atoms with Gasteiger partial charge >= 0.3 is 5.97 Å². The highest BCUT2D eigenvalue weighted by atomic mass is 16.6. The van der Waals surface area contributed by atoms with Crippen molar-refractivity contribution in [1.82, 2.24) is 4.98 Å². The number of carbonyl (C=O) groups excluding carboxylic acids is 1. The molecule has 2 rings (SSSR count). The van der Waals surface area contributed by atoms with E-state index < -0.39 is 12.2 Å². The number of hydrogen-bond acceptors (Lipinski definition) is 4. The van der Waals surface area contributed by atoms with Gasteiger partial charge in [0.15, 0.2) is 6.79 Å². The highest BCUT2D eigenvalue weighted by Gasteiger charge is 2.52. The quantitative estimate of drug-likeness (QED) is 0.564. The molecule has 1 aromatic heterocycles. The van der Waals surface area contributed by atoms with Crippen molar-refractivity contribution in [1.29, 1.82) is 0 Å². The molecule has 14 heavy (non-hydrogen) atoms. The van der Waals surface area contributed by atoms with E-state index in [-0.39, 0.29) is 5.97 Å². The smallest absolute Gasteiger partial charge is 0.318 e. The summed E-state index contributed by atoms with van der Waals surface area (Å²) >= 11 is 0. The molecule has 4 heteroatoms. The number of nitrogens with zero attached hydrogens (tertiary/aromatic N) is 1. The van der Waals surface area contributed by atoms with Crippen LogP contribution in [0.1, 0.15) is 18.4 Å². The Bertz CT molecular complexity index is 332. The zero-order chi connectivity index (χ0) is 10.0. The van der Waals surface area contributed by atoms with Crippen LogP contribution >= 0.6 is 0 Å². The lowest BCUT2D eigenvalue weighted by Gasteiger charge is -2.12. The van der Waals surface area contributed by atoms with E-state index in [1.54, 1.807) is 18.5 Å². The molecule has 1 aliphatic rings. The van der Waals surface area contributed by atoms with E-state index in [1.807, 2.05) is 6.07 Å². The normalized spacial score (nSPS) is 17.5. The number of carbonyl (C=O) groups is 1. The Morgan fingerprint density at radius 3 is 2.93 bits per heavy atom. The summed E-state index contributed by atoms with van der Waals surface area (Å²) in [5.41, 5.74) is 0.343. The number of aliphatic hydroxyl groups excluding tert-OH is 1. The van der Waals surface area contributed by atoms with Crippen molar-refractivity contribution in [3.63, 3.8) is 0 Å². The maximum atomic E-state index is 11.5. The van der Waals surface area contributed by atoms with Crippen molar-refractivity contribution in [2.24, 2.45) is 0 Å². The number of pyridine rings is 1. The van der Waals surface area contributed by atoms with Crippen molar-refractivity contribution in [3.8, 4) is 0 Å². The first-order chi connectivity index (χ1) is 6.79. The number of aromatic nitrogens is 1. The number of ether oxygens (including phenoxy) is 1. The van der Waals surface area contributed by atoms with Crippen LogP contribution in [0, 0.1) is 0 Å². The standard InChI is InChI=1S/C10H11NO3/c12-7-14-9(13)10(3-4-10)8-2-1-5-11-6-8/h1-2,5-6,12H,3-4,7H2. The maximum Gasteiger partial charge on any atom is 0.318 e. The molecule has 4 nitrogen and oxygen atoms in total. The van der Waals surface area contributed by atoms with Crippen LogP contribution in [-0.2, 0) is 14.9 Å². The van der Waals surface area contributed by atoms with Crippen LogP contribution in [0.15, 0.2) is 24.5 Å². The van der Waals surface area contributed by atoms with Gasteiger partial charge in [-0.2, -0.15) is 0 Å².